The lowest BCUT2D eigenvalue weighted by Gasteiger charge is -2.09. The molecule has 1 rings (SSSR count). The third-order valence-electron chi connectivity index (χ3n) is 1.74. The van der Waals surface area contributed by atoms with Crippen LogP contribution >= 0.6 is 0 Å². The summed E-state index contributed by atoms with van der Waals surface area (Å²) in [6.07, 6.45) is 13.2. The van der Waals surface area contributed by atoms with Crippen LogP contribution in [0.3, 0.4) is 0 Å². The van der Waals surface area contributed by atoms with Crippen LogP contribution in [0.4, 0.5) is 0 Å². The molecule has 0 unspecified atom stereocenters. The molecule has 0 N–H and O–H groups in total. The predicted octanol–water partition coefficient (Wildman–Crippen LogP) is 2.98. The van der Waals surface area contributed by atoms with Gasteiger partial charge in [0.1, 0.15) is 0 Å². The second-order valence-electron chi connectivity index (χ2n) is 2.64. The lowest BCUT2D eigenvalue weighted by molar-refractivity contribution is 0.283. The zero-order valence-electron chi connectivity index (χ0n) is 7.58. The summed E-state index contributed by atoms with van der Waals surface area (Å²) in [7, 11) is 1.71. The van der Waals surface area contributed by atoms with E-state index in [2.05, 4.69) is 12.2 Å². The van der Waals surface area contributed by atoms with Crippen molar-refractivity contribution in [3.63, 3.8) is 0 Å². The number of ether oxygens (including phenoxy) is 1. The van der Waals surface area contributed by atoms with E-state index in [1.807, 2.05) is 31.2 Å². The van der Waals surface area contributed by atoms with E-state index in [0.717, 1.165) is 12.2 Å². The molecule has 0 spiro atoms. The Morgan fingerprint density at radius 2 is 2.33 bits per heavy atom. The number of allylic oxidation sites excluding steroid dienone is 7. The molecule has 0 radical (unpaired) electrons. The monoisotopic (exact) mass is 162 g/mol. The summed E-state index contributed by atoms with van der Waals surface area (Å²) in [6, 6.07) is 0. The van der Waals surface area contributed by atoms with Gasteiger partial charge in [-0.1, -0.05) is 30.4 Å². The summed E-state index contributed by atoms with van der Waals surface area (Å²) >= 11 is 0. The quantitative estimate of drug-likeness (QED) is 0.606. The largest absolute Gasteiger partial charge is 0.501 e. The highest BCUT2D eigenvalue weighted by molar-refractivity contribution is 5.34. The molecule has 0 aromatic rings. The summed E-state index contributed by atoms with van der Waals surface area (Å²) in [5.74, 6) is 1.02. The first-order chi connectivity index (χ1) is 5.86. The fourth-order valence-corrected chi connectivity index (χ4v) is 1.07. The maximum atomic E-state index is 5.15. The van der Waals surface area contributed by atoms with Crippen molar-refractivity contribution >= 4 is 0 Å². The molecule has 1 aliphatic rings. The summed E-state index contributed by atoms with van der Waals surface area (Å²) in [5, 5.41) is 0. The first-order valence-electron chi connectivity index (χ1n) is 4.10. The van der Waals surface area contributed by atoms with Crippen LogP contribution < -0.4 is 0 Å². The van der Waals surface area contributed by atoms with Crippen molar-refractivity contribution in [3.05, 3.63) is 47.8 Å². The highest BCUT2D eigenvalue weighted by atomic mass is 16.5. The van der Waals surface area contributed by atoms with Gasteiger partial charge >= 0.3 is 0 Å². The first-order valence-corrected chi connectivity index (χ1v) is 4.10. The van der Waals surface area contributed by atoms with E-state index in [4.69, 9.17) is 4.74 Å². The molecule has 0 aromatic carbocycles. The van der Waals surface area contributed by atoms with E-state index in [1.165, 1.54) is 5.57 Å². The lowest BCUT2D eigenvalue weighted by Crippen LogP contribution is -1.92. The first kappa shape index (κ1) is 8.85. The number of hydrogen-bond donors (Lipinski definition) is 0. The van der Waals surface area contributed by atoms with Crippen molar-refractivity contribution in [2.75, 3.05) is 7.11 Å². The van der Waals surface area contributed by atoms with Gasteiger partial charge in [0.05, 0.1) is 12.9 Å². The maximum absolute atomic E-state index is 5.15. The molecule has 0 saturated carbocycles. The van der Waals surface area contributed by atoms with Crippen LogP contribution in [-0.4, -0.2) is 7.11 Å². The maximum Gasteiger partial charge on any atom is 0.0999 e. The van der Waals surface area contributed by atoms with Gasteiger partial charge in [-0.3, -0.25) is 0 Å². The Morgan fingerprint density at radius 3 is 3.00 bits per heavy atom. The van der Waals surface area contributed by atoms with Gasteiger partial charge in [0.15, 0.2) is 0 Å². The summed E-state index contributed by atoms with van der Waals surface area (Å²) in [5.41, 5.74) is 1.28. The van der Waals surface area contributed by atoms with E-state index in [0.29, 0.717) is 0 Å². The summed E-state index contributed by atoms with van der Waals surface area (Å²) in [4.78, 5) is 0. The molecule has 0 aliphatic heterocycles. The second kappa shape index (κ2) is 4.60. The van der Waals surface area contributed by atoms with Gasteiger partial charge in [-0.05, 0) is 18.6 Å². The third-order valence-corrected chi connectivity index (χ3v) is 1.74. The molecule has 0 aromatic heterocycles. The predicted molar refractivity (Wildman–Crippen MR) is 51.7 cm³/mol. The number of rotatable bonds is 2. The number of hydrogen-bond acceptors (Lipinski definition) is 1. The molecule has 0 fully saturated rings. The smallest absolute Gasteiger partial charge is 0.0999 e. The van der Waals surface area contributed by atoms with Gasteiger partial charge in [0.2, 0.25) is 0 Å². The minimum Gasteiger partial charge on any atom is -0.501 e. The average Bonchev–Trinajstić information content (AvgIpc) is 2.15. The molecule has 0 amide bonds. The molecule has 0 heterocycles. The molecule has 0 atom stereocenters. The van der Waals surface area contributed by atoms with Crippen LogP contribution in [0.1, 0.15) is 13.3 Å². The normalized spacial score (nSPS) is 20.2. The van der Waals surface area contributed by atoms with E-state index in [-0.39, 0.29) is 0 Å². The SMILES string of the molecule is C/C=C\C=C1\C=CC=C(OC)C1. The Hall–Kier alpha value is -1.24. The highest BCUT2D eigenvalue weighted by Crippen LogP contribution is 2.17. The van der Waals surface area contributed by atoms with Gasteiger partial charge in [-0.25, -0.2) is 0 Å². The third kappa shape index (κ3) is 2.42. The standard InChI is InChI=1S/C11H14O/c1-3-4-6-10-7-5-8-11(9-10)12-2/h3-8H,9H2,1-2H3/b4-3-,10-6-. The van der Waals surface area contributed by atoms with E-state index < -0.39 is 0 Å². The van der Waals surface area contributed by atoms with E-state index in [1.54, 1.807) is 7.11 Å². The van der Waals surface area contributed by atoms with Crippen molar-refractivity contribution in [3.8, 4) is 0 Å². The average molecular weight is 162 g/mol. The molecule has 1 nitrogen and oxygen atoms in total. The van der Waals surface area contributed by atoms with Crippen LogP contribution in [0.5, 0.6) is 0 Å². The van der Waals surface area contributed by atoms with Crippen LogP contribution in [-0.2, 0) is 4.74 Å². The molecule has 0 bridgehead atoms. The molecule has 1 heteroatoms. The number of methoxy groups -OCH3 is 1. The summed E-state index contributed by atoms with van der Waals surface area (Å²) in [6.45, 7) is 2.01. The lowest BCUT2D eigenvalue weighted by atomic mass is 10.1. The van der Waals surface area contributed by atoms with Crippen LogP contribution in [0.25, 0.3) is 0 Å². The zero-order valence-corrected chi connectivity index (χ0v) is 7.58. The molecule has 1 aliphatic carbocycles. The van der Waals surface area contributed by atoms with Crippen molar-refractivity contribution in [1.82, 2.24) is 0 Å². The Labute approximate surface area is 73.7 Å². The van der Waals surface area contributed by atoms with Crippen molar-refractivity contribution < 1.29 is 4.74 Å². The van der Waals surface area contributed by atoms with Gasteiger partial charge < -0.3 is 4.74 Å². The van der Waals surface area contributed by atoms with Crippen molar-refractivity contribution in [1.29, 1.82) is 0 Å². The van der Waals surface area contributed by atoms with E-state index in [9.17, 15) is 0 Å². The Morgan fingerprint density at radius 1 is 1.50 bits per heavy atom. The van der Waals surface area contributed by atoms with Gasteiger partial charge in [0, 0.05) is 6.42 Å². The van der Waals surface area contributed by atoms with Crippen LogP contribution in [0, 0.1) is 0 Å². The zero-order chi connectivity index (χ0) is 8.81. The minimum absolute atomic E-state index is 0.900. The molecule has 12 heavy (non-hydrogen) atoms. The molecule has 64 valence electrons. The van der Waals surface area contributed by atoms with Gasteiger partial charge in [0.25, 0.3) is 0 Å². The highest BCUT2D eigenvalue weighted by Gasteiger charge is 2.01. The Kier molecular flexibility index (Phi) is 3.39. The van der Waals surface area contributed by atoms with Gasteiger partial charge in [-0.2, -0.15) is 0 Å². The van der Waals surface area contributed by atoms with Gasteiger partial charge in [-0.15, -0.1) is 0 Å². The van der Waals surface area contributed by atoms with Crippen LogP contribution in [0.15, 0.2) is 47.8 Å². The Balaban J connectivity index is 2.64. The molecular formula is C11H14O. The summed E-state index contributed by atoms with van der Waals surface area (Å²) < 4.78 is 5.15. The fraction of sp³-hybridized carbons (Fsp3) is 0.273. The van der Waals surface area contributed by atoms with Crippen molar-refractivity contribution in [2.24, 2.45) is 0 Å². The molecule has 0 saturated heterocycles. The minimum atomic E-state index is 0.900. The Bertz CT molecular complexity index is 254. The van der Waals surface area contributed by atoms with E-state index >= 15 is 0 Å². The topological polar surface area (TPSA) is 9.23 Å². The molecular weight excluding hydrogens is 148 g/mol. The van der Waals surface area contributed by atoms with Crippen molar-refractivity contribution in [2.45, 2.75) is 13.3 Å². The second-order valence-corrected chi connectivity index (χ2v) is 2.64. The fourth-order valence-electron chi connectivity index (χ4n) is 1.07. The van der Waals surface area contributed by atoms with Crippen LogP contribution in [0.2, 0.25) is 0 Å².